The van der Waals surface area contributed by atoms with Crippen LogP contribution in [0.3, 0.4) is 0 Å². The smallest absolute Gasteiger partial charge is 0.169 e. The maximum Gasteiger partial charge on any atom is 0.169 e. The minimum Gasteiger partial charge on any atom is -0.508 e. The minimum atomic E-state index is -0.358. The van der Waals surface area contributed by atoms with E-state index >= 15 is 0 Å². The van der Waals surface area contributed by atoms with Gasteiger partial charge in [-0.25, -0.2) is 0 Å². The first-order valence-electron chi connectivity index (χ1n) is 18.0. The first-order chi connectivity index (χ1) is 22.1. The van der Waals surface area contributed by atoms with Gasteiger partial charge in [-0.1, -0.05) is 101 Å². The van der Waals surface area contributed by atoms with Crippen LogP contribution in [0.1, 0.15) is 116 Å². The Bertz CT molecular complexity index is 1390. The standard InChI is InChI=1S/C30H42O3.C10H14O.C2H5N/c1-19-5-7-20(8-6-19)24-16-29(4)25(11-12-26(29)31)23-10-9-21-15-30(14-13-22(21)27(23)24)32-17-28(2,3)18-33-30;1-10(2,3)8-4-6-9(11)7-5-8;1-2-3/h5-8,21,23-26,31H,9-18H2,1-4H3;4-7,11H,1-3H3;2H,1,3H2. The topological polar surface area (TPSA) is 84.9 Å². The summed E-state index contributed by atoms with van der Waals surface area (Å²) in [5, 5.41) is 20.1. The van der Waals surface area contributed by atoms with Crippen molar-refractivity contribution in [2.24, 2.45) is 34.3 Å². The number of aliphatic hydroxyl groups is 1. The highest BCUT2D eigenvalue weighted by molar-refractivity contribution is 5.41. The third kappa shape index (κ3) is 7.53. The number of rotatable bonds is 1. The summed E-state index contributed by atoms with van der Waals surface area (Å²) in [6.07, 6.45) is 10.0. The molecule has 4 aliphatic carbocycles. The number of nitrogens with two attached hydrogens (primary N) is 1. The molecule has 3 saturated carbocycles. The molecule has 5 nitrogen and oxygen atoms in total. The van der Waals surface area contributed by atoms with Gasteiger partial charge in [0.05, 0.1) is 19.3 Å². The number of hydrogen-bond acceptors (Lipinski definition) is 5. The molecule has 258 valence electrons. The molecule has 6 atom stereocenters. The van der Waals surface area contributed by atoms with Crippen LogP contribution < -0.4 is 5.73 Å². The van der Waals surface area contributed by atoms with Crippen molar-refractivity contribution in [1.29, 1.82) is 0 Å². The van der Waals surface area contributed by atoms with Gasteiger partial charge in [0.2, 0.25) is 0 Å². The first kappa shape index (κ1) is 35.7. The van der Waals surface area contributed by atoms with Crippen molar-refractivity contribution >= 4 is 0 Å². The van der Waals surface area contributed by atoms with Gasteiger partial charge in [-0.2, -0.15) is 0 Å². The van der Waals surface area contributed by atoms with E-state index in [0.717, 1.165) is 45.3 Å². The summed E-state index contributed by atoms with van der Waals surface area (Å²) in [6, 6.07) is 16.6. The molecule has 0 bridgehead atoms. The highest BCUT2D eigenvalue weighted by atomic mass is 16.7. The van der Waals surface area contributed by atoms with Gasteiger partial charge in [-0.15, -0.1) is 0 Å². The van der Waals surface area contributed by atoms with Crippen LogP contribution in [-0.2, 0) is 14.9 Å². The number of aryl methyl sites for hydroxylation is 1. The van der Waals surface area contributed by atoms with Gasteiger partial charge in [0, 0.05) is 24.2 Å². The van der Waals surface area contributed by atoms with E-state index in [0.29, 0.717) is 29.4 Å². The minimum absolute atomic E-state index is 0.0498. The number of allylic oxidation sites excluding steroid dienone is 2. The third-order valence-electron chi connectivity index (χ3n) is 12.0. The average Bonchev–Trinajstić information content (AvgIpc) is 3.33. The molecular weight excluding hydrogens is 582 g/mol. The van der Waals surface area contributed by atoms with E-state index < -0.39 is 0 Å². The van der Waals surface area contributed by atoms with Crippen LogP contribution in [0.15, 0.2) is 72.5 Å². The zero-order valence-electron chi connectivity index (χ0n) is 30.1. The zero-order chi connectivity index (χ0) is 34.2. The van der Waals surface area contributed by atoms with Gasteiger partial charge in [-0.3, -0.25) is 0 Å². The van der Waals surface area contributed by atoms with Crippen LogP contribution in [0.5, 0.6) is 5.75 Å². The lowest BCUT2D eigenvalue weighted by Gasteiger charge is -2.55. The predicted molar refractivity (Wildman–Crippen MR) is 192 cm³/mol. The van der Waals surface area contributed by atoms with Crippen LogP contribution in [0, 0.1) is 35.5 Å². The van der Waals surface area contributed by atoms with Gasteiger partial charge in [-0.05, 0) is 103 Å². The first-order valence-corrected chi connectivity index (χ1v) is 18.0. The molecule has 6 unspecified atom stereocenters. The fourth-order valence-corrected chi connectivity index (χ4v) is 9.26. The number of hydrogen-bond donors (Lipinski definition) is 3. The van der Waals surface area contributed by atoms with Crippen molar-refractivity contribution in [2.45, 2.75) is 123 Å². The predicted octanol–water partition coefficient (Wildman–Crippen LogP) is 9.31. The lowest BCUT2D eigenvalue weighted by Crippen LogP contribution is -2.52. The van der Waals surface area contributed by atoms with Gasteiger partial charge in [0.15, 0.2) is 5.79 Å². The number of ether oxygens (including phenoxy) is 2. The molecule has 1 saturated heterocycles. The fourth-order valence-electron chi connectivity index (χ4n) is 9.26. The molecule has 1 aliphatic heterocycles. The molecule has 0 radical (unpaired) electrons. The Morgan fingerprint density at radius 2 is 1.51 bits per heavy atom. The second-order valence-electron chi connectivity index (χ2n) is 17.1. The maximum atomic E-state index is 11.1. The number of aromatic hydroxyl groups is 1. The number of phenolic OH excluding ortho intramolecular Hbond substituents is 1. The Morgan fingerprint density at radius 1 is 0.894 bits per heavy atom. The molecule has 47 heavy (non-hydrogen) atoms. The Balaban J connectivity index is 0.000000261. The highest BCUT2D eigenvalue weighted by Gasteiger charge is 2.57. The molecule has 5 aliphatic rings. The Labute approximate surface area is 284 Å². The molecular formula is C42H61NO4. The quantitative estimate of drug-likeness (QED) is 0.270. The molecule has 2 aromatic rings. The van der Waals surface area contributed by atoms with Crippen LogP contribution >= 0.6 is 0 Å². The largest absolute Gasteiger partial charge is 0.508 e. The SMILES string of the molecule is C=CN.CC(C)(C)c1ccc(O)cc1.Cc1ccc(C2CC3(C)C(O)CCC3C3CCC4CC5(CCC4=C23)OCC(C)(C)CO5)cc1. The van der Waals surface area contributed by atoms with E-state index in [2.05, 4.69) is 85.0 Å². The van der Waals surface area contributed by atoms with E-state index in [1.165, 1.54) is 42.2 Å². The maximum absolute atomic E-state index is 11.1. The van der Waals surface area contributed by atoms with E-state index in [4.69, 9.17) is 14.6 Å². The number of phenols is 1. The number of benzene rings is 2. The summed E-state index contributed by atoms with van der Waals surface area (Å²) >= 11 is 0. The Morgan fingerprint density at radius 3 is 2.11 bits per heavy atom. The summed E-state index contributed by atoms with van der Waals surface area (Å²) < 4.78 is 12.9. The Hall–Kier alpha value is -2.60. The van der Waals surface area contributed by atoms with Gasteiger partial charge in [0.1, 0.15) is 5.75 Å². The molecule has 1 spiro atoms. The lowest BCUT2D eigenvalue weighted by atomic mass is 9.52. The van der Waals surface area contributed by atoms with Crippen molar-refractivity contribution < 1.29 is 19.7 Å². The summed E-state index contributed by atoms with van der Waals surface area (Å²) in [4.78, 5) is 0. The summed E-state index contributed by atoms with van der Waals surface area (Å²) in [5.41, 5.74) is 12.5. The molecule has 1 heterocycles. The van der Waals surface area contributed by atoms with E-state index in [9.17, 15) is 5.11 Å². The molecule has 4 N–H and O–H groups in total. The van der Waals surface area contributed by atoms with Crippen molar-refractivity contribution in [3.8, 4) is 5.75 Å². The second kappa shape index (κ2) is 13.7. The van der Waals surface area contributed by atoms with Crippen molar-refractivity contribution in [3.63, 3.8) is 0 Å². The van der Waals surface area contributed by atoms with Crippen LogP contribution in [-0.4, -0.2) is 35.3 Å². The summed E-state index contributed by atoms with van der Waals surface area (Å²) in [7, 11) is 0. The Kier molecular flexibility index (Phi) is 10.4. The monoisotopic (exact) mass is 643 g/mol. The molecule has 5 heteroatoms. The fraction of sp³-hybridized carbons (Fsp3) is 0.619. The molecule has 2 aromatic carbocycles. The van der Waals surface area contributed by atoms with Crippen LogP contribution in [0.4, 0.5) is 0 Å². The van der Waals surface area contributed by atoms with E-state index in [1.807, 2.05) is 12.1 Å². The summed E-state index contributed by atoms with van der Waals surface area (Å²) in [5.74, 6) is 2.29. The van der Waals surface area contributed by atoms with Crippen molar-refractivity contribution in [2.75, 3.05) is 13.2 Å². The van der Waals surface area contributed by atoms with Crippen molar-refractivity contribution in [3.05, 3.63) is 89.1 Å². The summed E-state index contributed by atoms with van der Waals surface area (Å²) in [6.45, 7) is 20.3. The molecule has 0 amide bonds. The normalized spacial score (nSPS) is 32.0. The molecule has 4 fully saturated rings. The van der Waals surface area contributed by atoms with Gasteiger partial charge < -0.3 is 25.4 Å². The average molecular weight is 644 g/mol. The third-order valence-corrected chi connectivity index (χ3v) is 12.0. The number of fused-ring (bicyclic) bond motifs is 4. The lowest BCUT2D eigenvalue weighted by molar-refractivity contribution is -0.312. The molecule has 0 aromatic heterocycles. The van der Waals surface area contributed by atoms with Gasteiger partial charge >= 0.3 is 0 Å². The second-order valence-corrected chi connectivity index (χ2v) is 17.1. The van der Waals surface area contributed by atoms with Crippen LogP contribution in [0.2, 0.25) is 0 Å². The highest BCUT2D eigenvalue weighted by Crippen LogP contribution is 2.65. The van der Waals surface area contributed by atoms with Crippen molar-refractivity contribution in [1.82, 2.24) is 0 Å². The molecule has 7 rings (SSSR count). The zero-order valence-corrected chi connectivity index (χ0v) is 30.1. The van der Waals surface area contributed by atoms with E-state index in [1.54, 1.807) is 23.3 Å². The van der Waals surface area contributed by atoms with E-state index in [-0.39, 0.29) is 28.1 Å². The number of aliphatic hydroxyl groups excluding tert-OH is 1. The van der Waals surface area contributed by atoms with Gasteiger partial charge in [0.25, 0.3) is 0 Å². The van der Waals surface area contributed by atoms with Crippen LogP contribution in [0.25, 0.3) is 0 Å².